The maximum Gasteiger partial charge on any atom is 0.242 e. The molecule has 1 saturated heterocycles. The predicted octanol–water partition coefficient (Wildman–Crippen LogP) is 2.21. The van der Waals surface area contributed by atoms with Crippen molar-refractivity contribution in [2.45, 2.75) is 46.2 Å². The Morgan fingerprint density at radius 1 is 1.38 bits per heavy atom. The normalized spacial score (nSPS) is 18.7. The van der Waals surface area contributed by atoms with Crippen molar-refractivity contribution in [3.8, 4) is 0 Å². The first-order valence-corrected chi connectivity index (χ1v) is 8.02. The highest BCUT2D eigenvalue weighted by atomic mass is 16.2. The number of carbonyl (C=O) groups is 1. The van der Waals surface area contributed by atoms with Gasteiger partial charge in [0, 0.05) is 25.3 Å². The van der Waals surface area contributed by atoms with Crippen molar-refractivity contribution < 1.29 is 4.79 Å². The largest absolute Gasteiger partial charge is 0.358 e. The molecule has 0 aromatic heterocycles. The summed E-state index contributed by atoms with van der Waals surface area (Å²) in [6.07, 6.45) is 1.99. The summed E-state index contributed by atoms with van der Waals surface area (Å²) in [5.41, 5.74) is 3.78. The Kier molecular flexibility index (Phi) is 5.62. The molecule has 0 bridgehead atoms. The summed E-state index contributed by atoms with van der Waals surface area (Å²) in [4.78, 5) is 14.2. The quantitative estimate of drug-likeness (QED) is 0.789. The van der Waals surface area contributed by atoms with Gasteiger partial charge in [-0.3, -0.25) is 4.79 Å². The summed E-state index contributed by atoms with van der Waals surface area (Å²) >= 11 is 0. The first-order chi connectivity index (χ1) is 10.2. The Hall–Kier alpha value is -1.55. The van der Waals surface area contributed by atoms with Gasteiger partial charge in [-0.15, -0.1) is 0 Å². The smallest absolute Gasteiger partial charge is 0.242 e. The molecule has 0 spiro atoms. The lowest BCUT2D eigenvalue weighted by molar-refractivity contribution is -0.123. The lowest BCUT2D eigenvalue weighted by atomic mass is 10.0. The van der Waals surface area contributed by atoms with Gasteiger partial charge in [-0.25, -0.2) is 0 Å². The standard InChI is InChI=1S/C17H27N3O/c1-4-8-18-12-14-6-7-15(11-13(14)3)20-10-9-19-17(21)16(20)5-2/h6-7,11,16,18H,4-5,8-10,12H2,1-3H3,(H,19,21). The maximum atomic E-state index is 12.0. The Balaban J connectivity index is 2.13. The fourth-order valence-electron chi connectivity index (χ4n) is 2.89. The number of carbonyl (C=O) groups excluding carboxylic acids is 1. The molecule has 1 heterocycles. The number of aryl methyl sites for hydroxylation is 1. The van der Waals surface area contributed by atoms with Crippen LogP contribution in [0.3, 0.4) is 0 Å². The van der Waals surface area contributed by atoms with Crippen LogP contribution in [0.5, 0.6) is 0 Å². The Morgan fingerprint density at radius 2 is 2.19 bits per heavy atom. The van der Waals surface area contributed by atoms with Crippen LogP contribution in [0.25, 0.3) is 0 Å². The molecule has 1 aromatic carbocycles. The van der Waals surface area contributed by atoms with E-state index in [9.17, 15) is 4.79 Å². The number of nitrogens with zero attached hydrogens (tertiary/aromatic N) is 1. The fourth-order valence-corrected chi connectivity index (χ4v) is 2.89. The van der Waals surface area contributed by atoms with Gasteiger partial charge >= 0.3 is 0 Å². The van der Waals surface area contributed by atoms with E-state index in [0.717, 1.165) is 44.7 Å². The molecule has 1 aliphatic rings. The number of amides is 1. The van der Waals surface area contributed by atoms with E-state index in [2.05, 4.69) is 54.5 Å². The van der Waals surface area contributed by atoms with Crippen molar-refractivity contribution in [3.63, 3.8) is 0 Å². The van der Waals surface area contributed by atoms with Crippen molar-refractivity contribution >= 4 is 11.6 Å². The van der Waals surface area contributed by atoms with Crippen molar-refractivity contribution in [3.05, 3.63) is 29.3 Å². The van der Waals surface area contributed by atoms with Gasteiger partial charge in [-0.05, 0) is 49.6 Å². The van der Waals surface area contributed by atoms with Crippen LogP contribution in [0.15, 0.2) is 18.2 Å². The second kappa shape index (κ2) is 7.46. The monoisotopic (exact) mass is 289 g/mol. The lowest BCUT2D eigenvalue weighted by Crippen LogP contribution is -2.55. The Morgan fingerprint density at radius 3 is 2.86 bits per heavy atom. The third-order valence-corrected chi connectivity index (χ3v) is 4.12. The number of rotatable bonds is 6. The molecule has 1 atom stereocenters. The minimum absolute atomic E-state index is 0.0396. The summed E-state index contributed by atoms with van der Waals surface area (Å²) in [5, 5.41) is 6.39. The minimum atomic E-state index is -0.0396. The first kappa shape index (κ1) is 15.8. The van der Waals surface area contributed by atoms with E-state index in [1.165, 1.54) is 11.1 Å². The second-order valence-electron chi connectivity index (χ2n) is 5.70. The number of hydrogen-bond donors (Lipinski definition) is 2. The van der Waals surface area contributed by atoms with Gasteiger partial charge < -0.3 is 15.5 Å². The molecule has 1 unspecified atom stereocenters. The van der Waals surface area contributed by atoms with Crippen LogP contribution in [-0.2, 0) is 11.3 Å². The summed E-state index contributed by atoms with van der Waals surface area (Å²) in [6.45, 7) is 9.97. The second-order valence-corrected chi connectivity index (χ2v) is 5.70. The van der Waals surface area contributed by atoms with E-state index in [-0.39, 0.29) is 11.9 Å². The highest BCUT2D eigenvalue weighted by Crippen LogP contribution is 2.23. The zero-order valence-corrected chi connectivity index (χ0v) is 13.4. The third-order valence-electron chi connectivity index (χ3n) is 4.12. The van der Waals surface area contributed by atoms with Gasteiger partial charge in [0.15, 0.2) is 0 Å². The fraction of sp³-hybridized carbons (Fsp3) is 0.588. The number of nitrogens with one attached hydrogen (secondary N) is 2. The molecule has 1 amide bonds. The minimum Gasteiger partial charge on any atom is -0.358 e. The average Bonchev–Trinajstić information content (AvgIpc) is 2.49. The van der Waals surface area contributed by atoms with Gasteiger partial charge in [-0.2, -0.15) is 0 Å². The summed E-state index contributed by atoms with van der Waals surface area (Å²) in [5.74, 6) is 0.148. The molecule has 0 aliphatic carbocycles. The lowest BCUT2D eigenvalue weighted by Gasteiger charge is -2.36. The van der Waals surface area contributed by atoms with Crippen molar-refractivity contribution in [2.75, 3.05) is 24.5 Å². The van der Waals surface area contributed by atoms with Crippen LogP contribution in [0, 0.1) is 6.92 Å². The predicted molar refractivity (Wildman–Crippen MR) is 87.6 cm³/mol. The van der Waals surface area contributed by atoms with E-state index < -0.39 is 0 Å². The van der Waals surface area contributed by atoms with Crippen LogP contribution in [-0.4, -0.2) is 31.6 Å². The molecule has 2 rings (SSSR count). The van der Waals surface area contributed by atoms with Crippen LogP contribution < -0.4 is 15.5 Å². The molecule has 2 N–H and O–H groups in total. The third kappa shape index (κ3) is 3.76. The van der Waals surface area contributed by atoms with Crippen LogP contribution >= 0.6 is 0 Å². The molecule has 21 heavy (non-hydrogen) atoms. The van der Waals surface area contributed by atoms with Gasteiger partial charge in [0.05, 0.1) is 0 Å². The highest BCUT2D eigenvalue weighted by Gasteiger charge is 2.28. The van der Waals surface area contributed by atoms with E-state index in [0.29, 0.717) is 0 Å². The van der Waals surface area contributed by atoms with Crippen molar-refractivity contribution in [2.24, 2.45) is 0 Å². The molecule has 4 nitrogen and oxygen atoms in total. The molecule has 1 fully saturated rings. The van der Waals surface area contributed by atoms with Crippen molar-refractivity contribution in [1.82, 2.24) is 10.6 Å². The number of benzene rings is 1. The zero-order chi connectivity index (χ0) is 15.2. The Labute approximate surface area is 127 Å². The summed E-state index contributed by atoms with van der Waals surface area (Å²) in [7, 11) is 0. The van der Waals surface area contributed by atoms with Crippen molar-refractivity contribution in [1.29, 1.82) is 0 Å². The van der Waals surface area contributed by atoms with E-state index in [4.69, 9.17) is 0 Å². The summed E-state index contributed by atoms with van der Waals surface area (Å²) in [6, 6.07) is 6.51. The molecule has 4 heteroatoms. The van der Waals surface area contributed by atoms with Crippen LogP contribution in [0.2, 0.25) is 0 Å². The SMILES string of the molecule is CCCNCc1ccc(N2CCNC(=O)C2CC)cc1C. The molecule has 1 aromatic rings. The highest BCUT2D eigenvalue weighted by molar-refractivity contribution is 5.86. The zero-order valence-electron chi connectivity index (χ0n) is 13.4. The van der Waals surface area contributed by atoms with E-state index in [1.54, 1.807) is 0 Å². The topological polar surface area (TPSA) is 44.4 Å². The molecule has 1 aliphatic heterocycles. The number of piperazine rings is 1. The Bertz CT molecular complexity index is 487. The van der Waals surface area contributed by atoms with Crippen LogP contribution in [0.1, 0.15) is 37.8 Å². The molecule has 116 valence electrons. The molecular formula is C17H27N3O. The maximum absolute atomic E-state index is 12.0. The number of hydrogen-bond acceptors (Lipinski definition) is 3. The van der Waals surface area contributed by atoms with Gasteiger partial charge in [0.25, 0.3) is 0 Å². The average molecular weight is 289 g/mol. The van der Waals surface area contributed by atoms with Gasteiger partial charge in [0.2, 0.25) is 5.91 Å². The molecular weight excluding hydrogens is 262 g/mol. The van der Waals surface area contributed by atoms with E-state index >= 15 is 0 Å². The first-order valence-electron chi connectivity index (χ1n) is 8.02. The molecule has 0 saturated carbocycles. The van der Waals surface area contributed by atoms with Crippen LogP contribution in [0.4, 0.5) is 5.69 Å². The summed E-state index contributed by atoms with van der Waals surface area (Å²) < 4.78 is 0. The molecule has 0 radical (unpaired) electrons. The van der Waals surface area contributed by atoms with E-state index in [1.807, 2.05) is 0 Å². The number of anilines is 1. The van der Waals surface area contributed by atoms with Gasteiger partial charge in [-0.1, -0.05) is 19.9 Å². The van der Waals surface area contributed by atoms with Gasteiger partial charge in [0.1, 0.15) is 6.04 Å².